The molecule has 2 aliphatic rings. The zero-order valence-electron chi connectivity index (χ0n) is 9.82. The van der Waals surface area contributed by atoms with Gasteiger partial charge in [0.2, 0.25) is 0 Å². The number of fused-ring (bicyclic) bond motifs is 1. The van der Waals surface area contributed by atoms with Gasteiger partial charge in [-0.25, -0.2) is 0 Å². The quantitative estimate of drug-likeness (QED) is 0.766. The summed E-state index contributed by atoms with van der Waals surface area (Å²) in [6, 6.07) is 0.363. The lowest BCUT2D eigenvalue weighted by Crippen LogP contribution is -2.30. The number of hydrogen-bond donors (Lipinski definition) is 1. The van der Waals surface area contributed by atoms with Gasteiger partial charge in [-0.1, -0.05) is 0 Å². The topological polar surface area (TPSA) is 56.2 Å². The Labute approximate surface area is 100 Å². The summed E-state index contributed by atoms with van der Waals surface area (Å²) in [4.78, 5) is 11.3. The van der Waals surface area contributed by atoms with Crippen LogP contribution in [0.2, 0.25) is 0 Å². The number of ether oxygens (including phenoxy) is 1. The zero-order chi connectivity index (χ0) is 11.7. The molecule has 5 nitrogen and oxygen atoms in total. The lowest BCUT2D eigenvalue weighted by atomic mass is 10.1. The van der Waals surface area contributed by atoms with Crippen LogP contribution < -0.4 is 5.32 Å². The first-order valence-corrected chi connectivity index (χ1v) is 6.24. The van der Waals surface area contributed by atoms with E-state index in [1.54, 1.807) is 0 Å². The maximum Gasteiger partial charge on any atom is 0.168 e. The Morgan fingerprint density at radius 3 is 3.00 bits per heavy atom. The van der Waals surface area contributed by atoms with Gasteiger partial charge in [0.1, 0.15) is 5.69 Å². The van der Waals surface area contributed by atoms with Gasteiger partial charge < -0.3 is 10.1 Å². The third kappa shape index (κ3) is 1.89. The molecule has 1 N–H and O–H groups in total. The average molecular weight is 235 g/mol. The van der Waals surface area contributed by atoms with Gasteiger partial charge in [-0.05, 0) is 32.4 Å². The van der Waals surface area contributed by atoms with E-state index >= 15 is 0 Å². The molecule has 0 aliphatic carbocycles. The molecule has 1 saturated heterocycles. The van der Waals surface area contributed by atoms with Gasteiger partial charge in [0.25, 0.3) is 0 Å². The number of aldehydes is 1. The first-order valence-electron chi connectivity index (χ1n) is 6.24. The number of piperidine rings is 1. The first kappa shape index (κ1) is 10.9. The lowest BCUT2D eigenvalue weighted by molar-refractivity contribution is 0.106. The van der Waals surface area contributed by atoms with Gasteiger partial charge in [-0.15, -0.1) is 0 Å². The molecule has 0 unspecified atom stereocenters. The SMILES string of the molecule is O=Cc1c2c(nn1C1CCNCC1)COCC2. The summed E-state index contributed by atoms with van der Waals surface area (Å²) >= 11 is 0. The molecule has 0 atom stereocenters. The predicted molar refractivity (Wildman–Crippen MR) is 62.1 cm³/mol. The average Bonchev–Trinajstić information content (AvgIpc) is 2.78. The van der Waals surface area contributed by atoms with Gasteiger partial charge in [0.15, 0.2) is 6.29 Å². The van der Waals surface area contributed by atoms with Crippen molar-refractivity contribution in [2.75, 3.05) is 19.7 Å². The largest absolute Gasteiger partial charge is 0.375 e. The zero-order valence-corrected chi connectivity index (χ0v) is 9.82. The molecule has 0 bridgehead atoms. The number of aromatic nitrogens is 2. The van der Waals surface area contributed by atoms with E-state index < -0.39 is 0 Å². The van der Waals surface area contributed by atoms with E-state index in [0.717, 1.165) is 55.6 Å². The molecule has 17 heavy (non-hydrogen) atoms. The summed E-state index contributed by atoms with van der Waals surface area (Å²) in [5.41, 5.74) is 2.83. The van der Waals surface area contributed by atoms with E-state index in [1.807, 2.05) is 4.68 Å². The summed E-state index contributed by atoms with van der Waals surface area (Å²) in [5.74, 6) is 0. The molecule has 2 aliphatic heterocycles. The second-order valence-corrected chi connectivity index (χ2v) is 4.66. The number of carbonyl (C=O) groups is 1. The van der Waals surface area contributed by atoms with Crippen LogP contribution in [0, 0.1) is 0 Å². The normalized spacial score (nSPS) is 21.2. The van der Waals surface area contributed by atoms with Crippen molar-refractivity contribution in [2.24, 2.45) is 0 Å². The van der Waals surface area contributed by atoms with Crippen LogP contribution in [0.5, 0.6) is 0 Å². The molecule has 0 saturated carbocycles. The summed E-state index contributed by atoms with van der Waals surface area (Å²) in [5, 5.41) is 7.91. The summed E-state index contributed by atoms with van der Waals surface area (Å²) < 4.78 is 7.33. The highest BCUT2D eigenvalue weighted by atomic mass is 16.5. The molecular formula is C12H17N3O2. The van der Waals surface area contributed by atoms with E-state index in [9.17, 15) is 4.79 Å². The van der Waals surface area contributed by atoms with Crippen LogP contribution in [0.15, 0.2) is 0 Å². The molecule has 5 heteroatoms. The molecule has 0 radical (unpaired) electrons. The second-order valence-electron chi connectivity index (χ2n) is 4.66. The van der Waals surface area contributed by atoms with E-state index in [2.05, 4.69) is 10.4 Å². The molecule has 0 aromatic carbocycles. The fraction of sp³-hybridized carbons (Fsp3) is 0.667. The Kier molecular flexibility index (Phi) is 2.94. The van der Waals surface area contributed by atoms with Crippen molar-refractivity contribution in [2.45, 2.75) is 31.9 Å². The van der Waals surface area contributed by atoms with Crippen molar-refractivity contribution in [1.29, 1.82) is 0 Å². The van der Waals surface area contributed by atoms with Gasteiger partial charge in [-0.2, -0.15) is 5.10 Å². The predicted octanol–water partition coefficient (Wildman–Crippen LogP) is 0.693. The summed E-state index contributed by atoms with van der Waals surface area (Å²) in [6.07, 6.45) is 3.86. The highest BCUT2D eigenvalue weighted by Gasteiger charge is 2.25. The second kappa shape index (κ2) is 4.58. The third-order valence-corrected chi connectivity index (χ3v) is 3.63. The fourth-order valence-corrected chi connectivity index (χ4v) is 2.72. The molecule has 0 amide bonds. The van der Waals surface area contributed by atoms with E-state index in [4.69, 9.17) is 4.74 Å². The number of nitrogens with zero attached hydrogens (tertiary/aromatic N) is 2. The molecule has 3 heterocycles. The lowest BCUT2D eigenvalue weighted by Gasteiger charge is -2.23. The standard InChI is InChI=1S/C12H17N3O2/c16-7-12-10-3-6-17-8-11(10)14-15(12)9-1-4-13-5-2-9/h7,9,13H,1-6,8H2. The van der Waals surface area contributed by atoms with Crippen molar-refractivity contribution in [3.63, 3.8) is 0 Å². The molecular weight excluding hydrogens is 218 g/mol. The number of hydrogen-bond acceptors (Lipinski definition) is 4. The number of carbonyl (C=O) groups excluding carboxylic acids is 1. The van der Waals surface area contributed by atoms with Crippen LogP contribution in [-0.4, -0.2) is 35.8 Å². The van der Waals surface area contributed by atoms with Gasteiger partial charge in [0, 0.05) is 5.56 Å². The van der Waals surface area contributed by atoms with Crippen LogP contribution in [0.3, 0.4) is 0 Å². The van der Waals surface area contributed by atoms with Gasteiger partial charge >= 0.3 is 0 Å². The van der Waals surface area contributed by atoms with E-state index in [0.29, 0.717) is 19.3 Å². The van der Waals surface area contributed by atoms with Crippen LogP contribution in [0.4, 0.5) is 0 Å². The Hall–Kier alpha value is -1.20. The van der Waals surface area contributed by atoms with Gasteiger partial charge in [0.05, 0.1) is 24.9 Å². The van der Waals surface area contributed by atoms with Crippen LogP contribution in [-0.2, 0) is 17.8 Å². The Morgan fingerprint density at radius 1 is 1.41 bits per heavy atom. The van der Waals surface area contributed by atoms with Crippen molar-refractivity contribution < 1.29 is 9.53 Å². The Bertz CT molecular complexity index is 422. The molecule has 3 rings (SSSR count). The van der Waals surface area contributed by atoms with E-state index in [1.165, 1.54) is 0 Å². The molecule has 0 spiro atoms. The molecule has 1 fully saturated rings. The van der Waals surface area contributed by atoms with Crippen molar-refractivity contribution in [1.82, 2.24) is 15.1 Å². The van der Waals surface area contributed by atoms with Gasteiger partial charge in [-0.3, -0.25) is 9.48 Å². The fourth-order valence-electron chi connectivity index (χ4n) is 2.72. The summed E-state index contributed by atoms with van der Waals surface area (Å²) in [7, 11) is 0. The van der Waals surface area contributed by atoms with Crippen LogP contribution in [0.1, 0.15) is 40.6 Å². The minimum atomic E-state index is 0.363. The Balaban J connectivity index is 1.97. The minimum absolute atomic E-state index is 0.363. The molecule has 1 aromatic rings. The van der Waals surface area contributed by atoms with E-state index in [-0.39, 0.29) is 0 Å². The monoisotopic (exact) mass is 235 g/mol. The molecule has 1 aromatic heterocycles. The van der Waals surface area contributed by atoms with Crippen molar-refractivity contribution >= 4 is 6.29 Å². The Morgan fingerprint density at radius 2 is 2.24 bits per heavy atom. The number of nitrogens with one attached hydrogen (secondary N) is 1. The maximum atomic E-state index is 11.3. The summed E-state index contributed by atoms with van der Waals surface area (Å²) in [6.45, 7) is 3.26. The van der Waals surface area contributed by atoms with Crippen molar-refractivity contribution in [3.8, 4) is 0 Å². The number of rotatable bonds is 2. The smallest absolute Gasteiger partial charge is 0.168 e. The third-order valence-electron chi connectivity index (χ3n) is 3.63. The van der Waals surface area contributed by atoms with Crippen LogP contribution >= 0.6 is 0 Å². The molecule has 92 valence electrons. The van der Waals surface area contributed by atoms with Crippen molar-refractivity contribution in [3.05, 3.63) is 17.0 Å². The maximum absolute atomic E-state index is 11.3. The first-order chi connectivity index (χ1) is 8.40. The van der Waals surface area contributed by atoms with Crippen LogP contribution in [0.25, 0.3) is 0 Å². The highest BCUT2D eigenvalue weighted by molar-refractivity contribution is 5.75. The minimum Gasteiger partial charge on any atom is -0.375 e. The highest BCUT2D eigenvalue weighted by Crippen LogP contribution is 2.25.